The molecule has 0 bridgehead atoms. The molecule has 2 aromatic heterocycles. The number of ether oxygens (including phenoxy) is 2. The SMILES string of the molecule is CC1CN(Cc2csc(NC(=O)c3ccc(OCc4cscn4)cc3)n2)CC(C)O1. The van der Waals surface area contributed by atoms with Crippen LogP contribution in [0.4, 0.5) is 5.13 Å². The third-order valence-electron chi connectivity index (χ3n) is 4.64. The average Bonchev–Trinajstić information content (AvgIpc) is 3.38. The number of aromatic nitrogens is 2. The largest absolute Gasteiger partial charge is 0.487 e. The third kappa shape index (κ3) is 5.63. The minimum atomic E-state index is -0.185. The molecule has 0 saturated carbocycles. The number of rotatable bonds is 7. The second-order valence-electron chi connectivity index (χ2n) is 7.34. The molecule has 158 valence electrons. The zero-order valence-corrected chi connectivity index (χ0v) is 18.5. The van der Waals surface area contributed by atoms with E-state index in [1.807, 2.05) is 10.8 Å². The number of amides is 1. The highest BCUT2D eigenvalue weighted by Crippen LogP contribution is 2.21. The van der Waals surface area contributed by atoms with Crippen molar-refractivity contribution in [1.29, 1.82) is 0 Å². The Balaban J connectivity index is 1.29. The van der Waals surface area contributed by atoms with Crippen LogP contribution in [0, 0.1) is 0 Å². The van der Waals surface area contributed by atoms with Gasteiger partial charge in [-0.2, -0.15) is 0 Å². The molecule has 1 saturated heterocycles. The monoisotopic (exact) mass is 444 g/mol. The normalized spacial score (nSPS) is 19.5. The Morgan fingerprint density at radius 3 is 2.67 bits per heavy atom. The summed E-state index contributed by atoms with van der Waals surface area (Å²) in [4.78, 5) is 23.6. The van der Waals surface area contributed by atoms with Gasteiger partial charge in [0.25, 0.3) is 5.91 Å². The van der Waals surface area contributed by atoms with Crippen molar-refractivity contribution in [3.63, 3.8) is 0 Å². The molecule has 7 nitrogen and oxygen atoms in total. The summed E-state index contributed by atoms with van der Waals surface area (Å²) in [7, 11) is 0. The second kappa shape index (κ2) is 9.65. The molecule has 0 aliphatic carbocycles. The molecule has 30 heavy (non-hydrogen) atoms. The van der Waals surface area contributed by atoms with Gasteiger partial charge in [0.2, 0.25) is 0 Å². The highest BCUT2D eigenvalue weighted by molar-refractivity contribution is 7.14. The number of benzene rings is 1. The van der Waals surface area contributed by atoms with E-state index in [9.17, 15) is 4.79 Å². The molecule has 2 unspecified atom stereocenters. The number of thiazole rings is 2. The van der Waals surface area contributed by atoms with Crippen LogP contribution < -0.4 is 10.1 Å². The molecule has 2 atom stereocenters. The van der Waals surface area contributed by atoms with Gasteiger partial charge >= 0.3 is 0 Å². The molecule has 9 heteroatoms. The standard InChI is InChI=1S/C21H24N4O3S2/c1-14-7-25(8-15(2)28-14)9-17-12-30-21(23-17)24-20(26)16-3-5-19(6-4-16)27-10-18-11-29-13-22-18/h3-6,11-15H,7-10H2,1-2H3,(H,23,24,26). The van der Waals surface area contributed by atoms with Crippen molar-refractivity contribution >= 4 is 33.7 Å². The topological polar surface area (TPSA) is 76.6 Å². The molecule has 3 heterocycles. The lowest BCUT2D eigenvalue weighted by Crippen LogP contribution is -2.44. The van der Waals surface area contributed by atoms with Crippen LogP contribution in [0.1, 0.15) is 35.6 Å². The van der Waals surface area contributed by atoms with Crippen LogP contribution in [-0.4, -0.2) is 46.1 Å². The van der Waals surface area contributed by atoms with Gasteiger partial charge < -0.3 is 9.47 Å². The number of hydrogen-bond donors (Lipinski definition) is 1. The molecule has 0 radical (unpaired) electrons. The van der Waals surface area contributed by atoms with Gasteiger partial charge in [-0.3, -0.25) is 15.0 Å². The Labute approximate surface area is 183 Å². The van der Waals surface area contributed by atoms with Crippen LogP contribution in [0.5, 0.6) is 5.75 Å². The molecule has 4 rings (SSSR count). The first-order valence-corrected chi connectivity index (χ1v) is 11.6. The summed E-state index contributed by atoms with van der Waals surface area (Å²) < 4.78 is 11.5. The van der Waals surface area contributed by atoms with Crippen molar-refractivity contribution in [2.75, 3.05) is 18.4 Å². The Morgan fingerprint density at radius 1 is 1.20 bits per heavy atom. The van der Waals surface area contributed by atoms with Crippen LogP contribution in [0.25, 0.3) is 0 Å². The highest BCUT2D eigenvalue weighted by atomic mass is 32.1. The van der Waals surface area contributed by atoms with Crippen LogP contribution in [0.15, 0.2) is 40.5 Å². The fourth-order valence-electron chi connectivity index (χ4n) is 3.42. The highest BCUT2D eigenvalue weighted by Gasteiger charge is 2.22. The fourth-order valence-corrected chi connectivity index (χ4v) is 4.66. The maximum Gasteiger partial charge on any atom is 0.257 e. The smallest absolute Gasteiger partial charge is 0.257 e. The lowest BCUT2D eigenvalue weighted by Gasteiger charge is -2.34. The van der Waals surface area contributed by atoms with Gasteiger partial charge in [0.1, 0.15) is 12.4 Å². The van der Waals surface area contributed by atoms with Crippen LogP contribution in [0.3, 0.4) is 0 Å². The minimum absolute atomic E-state index is 0.185. The minimum Gasteiger partial charge on any atom is -0.487 e. The number of nitrogens with one attached hydrogen (secondary N) is 1. The first-order chi connectivity index (χ1) is 14.5. The van der Waals surface area contributed by atoms with E-state index in [2.05, 4.69) is 34.0 Å². The number of hydrogen-bond acceptors (Lipinski definition) is 8. The van der Waals surface area contributed by atoms with Crippen LogP contribution >= 0.6 is 22.7 Å². The molecule has 1 aliphatic rings. The molecule has 1 amide bonds. The lowest BCUT2D eigenvalue weighted by atomic mass is 10.2. The van der Waals surface area contributed by atoms with Crippen molar-refractivity contribution in [3.8, 4) is 5.75 Å². The van der Waals surface area contributed by atoms with Crippen molar-refractivity contribution in [3.05, 3.63) is 57.5 Å². The van der Waals surface area contributed by atoms with Gasteiger partial charge in [0.05, 0.1) is 29.1 Å². The van der Waals surface area contributed by atoms with E-state index in [1.165, 1.54) is 22.7 Å². The van der Waals surface area contributed by atoms with Gasteiger partial charge in [0, 0.05) is 36.0 Å². The Hall–Kier alpha value is -2.33. The van der Waals surface area contributed by atoms with E-state index in [0.29, 0.717) is 23.1 Å². The van der Waals surface area contributed by atoms with E-state index in [0.717, 1.165) is 31.0 Å². The van der Waals surface area contributed by atoms with Gasteiger partial charge in [0.15, 0.2) is 5.13 Å². The van der Waals surface area contributed by atoms with E-state index in [-0.39, 0.29) is 18.1 Å². The van der Waals surface area contributed by atoms with E-state index in [4.69, 9.17) is 9.47 Å². The number of nitrogens with zero attached hydrogens (tertiary/aromatic N) is 3. The molecule has 1 aliphatic heterocycles. The zero-order chi connectivity index (χ0) is 20.9. The third-order valence-corrected chi connectivity index (χ3v) is 6.08. The summed E-state index contributed by atoms with van der Waals surface area (Å²) in [6.07, 6.45) is 0.444. The molecule has 1 N–H and O–H groups in total. The number of anilines is 1. The molecule has 1 fully saturated rings. The summed E-state index contributed by atoms with van der Waals surface area (Å²) in [5.74, 6) is 0.514. The van der Waals surface area contributed by atoms with Crippen molar-refractivity contribution in [1.82, 2.24) is 14.9 Å². The van der Waals surface area contributed by atoms with E-state index >= 15 is 0 Å². The first-order valence-electron chi connectivity index (χ1n) is 9.78. The maximum atomic E-state index is 12.5. The number of morpholine rings is 1. The predicted octanol–water partition coefficient (Wildman–Crippen LogP) is 4.04. The van der Waals surface area contributed by atoms with Crippen LogP contribution in [0.2, 0.25) is 0 Å². The van der Waals surface area contributed by atoms with Crippen LogP contribution in [-0.2, 0) is 17.9 Å². The summed E-state index contributed by atoms with van der Waals surface area (Å²) in [6.45, 7) is 7.13. The number of carbonyl (C=O) groups excluding carboxylic acids is 1. The van der Waals surface area contributed by atoms with Gasteiger partial charge in [-0.1, -0.05) is 0 Å². The first kappa shape index (κ1) is 20.9. The van der Waals surface area contributed by atoms with Gasteiger partial charge in [-0.05, 0) is 38.1 Å². The van der Waals surface area contributed by atoms with Gasteiger partial charge in [-0.15, -0.1) is 22.7 Å². The predicted molar refractivity (Wildman–Crippen MR) is 118 cm³/mol. The molecule has 1 aromatic carbocycles. The summed E-state index contributed by atoms with van der Waals surface area (Å²) in [5, 5.41) is 7.43. The van der Waals surface area contributed by atoms with Gasteiger partial charge in [-0.25, -0.2) is 9.97 Å². The summed E-state index contributed by atoms with van der Waals surface area (Å²) >= 11 is 2.98. The molecule has 3 aromatic rings. The Bertz CT molecular complexity index is 949. The summed E-state index contributed by atoms with van der Waals surface area (Å²) in [5.41, 5.74) is 4.19. The molecular weight excluding hydrogens is 420 g/mol. The molecular formula is C21H24N4O3S2. The average molecular weight is 445 g/mol. The fraction of sp³-hybridized carbons (Fsp3) is 0.381. The van der Waals surface area contributed by atoms with Crippen molar-refractivity contribution in [2.45, 2.75) is 39.2 Å². The molecule has 0 spiro atoms. The quantitative estimate of drug-likeness (QED) is 0.593. The second-order valence-corrected chi connectivity index (χ2v) is 8.92. The lowest BCUT2D eigenvalue weighted by molar-refractivity contribution is -0.0707. The van der Waals surface area contributed by atoms with Crippen molar-refractivity contribution < 1.29 is 14.3 Å². The Kier molecular flexibility index (Phi) is 6.73. The summed E-state index contributed by atoms with van der Waals surface area (Å²) in [6, 6.07) is 7.07. The zero-order valence-electron chi connectivity index (χ0n) is 16.9. The van der Waals surface area contributed by atoms with Crippen molar-refractivity contribution in [2.24, 2.45) is 0 Å². The number of carbonyl (C=O) groups is 1. The van der Waals surface area contributed by atoms with E-state index in [1.54, 1.807) is 29.8 Å². The van der Waals surface area contributed by atoms with E-state index < -0.39 is 0 Å². The maximum absolute atomic E-state index is 12.5. The Morgan fingerprint density at radius 2 is 1.97 bits per heavy atom.